The summed E-state index contributed by atoms with van der Waals surface area (Å²) in [6, 6.07) is 1.92. The molecule has 0 saturated carbocycles. The Morgan fingerprint density at radius 3 is 2.45 bits per heavy atom. The maximum absolute atomic E-state index is 5.87. The second kappa shape index (κ2) is 7.55. The minimum atomic E-state index is -0.137. The van der Waals surface area contributed by atoms with Gasteiger partial charge in [-0.1, -0.05) is 20.8 Å². The molecule has 0 aliphatic heterocycles. The fraction of sp³-hybridized carbons (Fsp3) is 0.733. The summed E-state index contributed by atoms with van der Waals surface area (Å²) in [4.78, 5) is 9.18. The highest BCUT2D eigenvalue weighted by Crippen LogP contribution is 2.34. The first kappa shape index (κ1) is 16.9. The molecule has 0 aromatic carbocycles. The number of anilines is 1. The van der Waals surface area contributed by atoms with Gasteiger partial charge in [-0.25, -0.2) is 9.97 Å². The van der Waals surface area contributed by atoms with E-state index in [2.05, 4.69) is 36.1 Å². The summed E-state index contributed by atoms with van der Waals surface area (Å²) in [5.41, 5.74) is 0.799. The van der Waals surface area contributed by atoms with Gasteiger partial charge in [0.15, 0.2) is 5.82 Å². The molecule has 1 atom stereocenters. The zero-order valence-electron chi connectivity index (χ0n) is 13.5. The van der Waals surface area contributed by atoms with Gasteiger partial charge in [0.25, 0.3) is 0 Å². The van der Waals surface area contributed by atoms with Crippen LogP contribution in [-0.2, 0) is 16.1 Å². The van der Waals surface area contributed by atoms with E-state index in [0.29, 0.717) is 19.0 Å². The summed E-state index contributed by atoms with van der Waals surface area (Å²) in [7, 11) is 1.67. The van der Waals surface area contributed by atoms with Crippen molar-refractivity contribution >= 4 is 5.82 Å². The van der Waals surface area contributed by atoms with E-state index in [-0.39, 0.29) is 11.5 Å². The van der Waals surface area contributed by atoms with Crippen LogP contribution in [0.3, 0.4) is 0 Å². The van der Waals surface area contributed by atoms with Crippen molar-refractivity contribution < 1.29 is 9.47 Å². The van der Waals surface area contributed by atoms with E-state index in [9.17, 15) is 0 Å². The molecular weight excluding hydrogens is 254 g/mol. The van der Waals surface area contributed by atoms with Crippen molar-refractivity contribution in [2.45, 2.75) is 47.3 Å². The summed E-state index contributed by atoms with van der Waals surface area (Å²) >= 11 is 0. The molecule has 1 aromatic rings. The van der Waals surface area contributed by atoms with Crippen molar-refractivity contribution in [2.24, 2.45) is 5.41 Å². The molecule has 0 spiro atoms. The summed E-state index contributed by atoms with van der Waals surface area (Å²) in [6.07, 6.45) is -0.137. The molecule has 0 aliphatic rings. The van der Waals surface area contributed by atoms with Crippen molar-refractivity contribution in [1.29, 1.82) is 0 Å². The Labute approximate surface area is 122 Å². The molecule has 20 heavy (non-hydrogen) atoms. The predicted octanol–water partition coefficient (Wildman–Crippen LogP) is 3.18. The maximum atomic E-state index is 5.87. The fourth-order valence-corrected chi connectivity index (χ4v) is 2.01. The number of ether oxygens (including phenoxy) is 2. The Bertz CT molecular complexity index is 392. The minimum absolute atomic E-state index is 0.0643. The van der Waals surface area contributed by atoms with Crippen LogP contribution >= 0.6 is 0 Å². The third kappa shape index (κ3) is 4.72. The quantitative estimate of drug-likeness (QED) is 0.832. The lowest BCUT2D eigenvalue weighted by atomic mass is 9.88. The monoisotopic (exact) mass is 281 g/mol. The molecule has 114 valence electrons. The predicted molar refractivity (Wildman–Crippen MR) is 80.7 cm³/mol. The van der Waals surface area contributed by atoms with Gasteiger partial charge in [-0.2, -0.15) is 0 Å². The smallest absolute Gasteiger partial charge is 0.160 e. The van der Waals surface area contributed by atoms with Crippen LogP contribution in [0.2, 0.25) is 0 Å². The average Bonchev–Trinajstić information content (AvgIpc) is 2.35. The molecule has 1 N–H and O–H groups in total. The van der Waals surface area contributed by atoms with Crippen molar-refractivity contribution in [3.05, 3.63) is 17.6 Å². The van der Waals surface area contributed by atoms with Gasteiger partial charge in [-0.3, -0.25) is 0 Å². The molecule has 0 fully saturated rings. The van der Waals surface area contributed by atoms with Crippen molar-refractivity contribution in [1.82, 2.24) is 9.97 Å². The van der Waals surface area contributed by atoms with E-state index in [1.807, 2.05) is 19.9 Å². The number of nitrogens with zero attached hydrogens (tertiary/aromatic N) is 2. The summed E-state index contributed by atoms with van der Waals surface area (Å²) < 4.78 is 11.0. The lowest BCUT2D eigenvalue weighted by Gasteiger charge is -2.29. The molecule has 1 aromatic heterocycles. The highest BCUT2D eigenvalue weighted by Gasteiger charge is 2.30. The number of hydrogen-bond acceptors (Lipinski definition) is 5. The second-order valence-corrected chi connectivity index (χ2v) is 5.77. The van der Waals surface area contributed by atoms with Crippen LogP contribution < -0.4 is 5.32 Å². The number of rotatable bonds is 7. The van der Waals surface area contributed by atoms with Gasteiger partial charge >= 0.3 is 0 Å². The second-order valence-electron chi connectivity index (χ2n) is 5.77. The van der Waals surface area contributed by atoms with Gasteiger partial charge in [0.05, 0.1) is 12.3 Å². The molecule has 0 aliphatic carbocycles. The van der Waals surface area contributed by atoms with Crippen LogP contribution in [0.4, 0.5) is 5.82 Å². The van der Waals surface area contributed by atoms with E-state index in [4.69, 9.17) is 9.47 Å². The van der Waals surface area contributed by atoms with Gasteiger partial charge in [0.1, 0.15) is 11.9 Å². The largest absolute Gasteiger partial charge is 0.378 e. The number of methoxy groups -OCH3 is 1. The highest BCUT2D eigenvalue weighted by atomic mass is 16.5. The maximum Gasteiger partial charge on any atom is 0.160 e. The number of aromatic nitrogens is 2. The van der Waals surface area contributed by atoms with E-state index < -0.39 is 0 Å². The average molecular weight is 281 g/mol. The molecule has 1 unspecified atom stereocenters. The first-order valence-electron chi connectivity index (χ1n) is 7.14. The third-order valence-electron chi connectivity index (χ3n) is 2.80. The van der Waals surface area contributed by atoms with Gasteiger partial charge in [0.2, 0.25) is 0 Å². The van der Waals surface area contributed by atoms with Crippen molar-refractivity contribution in [3.8, 4) is 0 Å². The number of nitrogens with one attached hydrogen (secondary N) is 1. The standard InChI is InChI=1S/C15H27N3O2/c1-7-16-12-9-11(10-19-6)17-14(18-12)13(20-8-2)15(3,4)5/h9,13H,7-8,10H2,1-6H3,(H,16,17,18). The molecule has 1 heterocycles. The van der Waals surface area contributed by atoms with Gasteiger partial charge < -0.3 is 14.8 Å². The molecule has 1 rings (SSSR count). The van der Waals surface area contributed by atoms with Crippen LogP contribution in [-0.4, -0.2) is 30.2 Å². The number of hydrogen-bond donors (Lipinski definition) is 1. The van der Waals surface area contributed by atoms with E-state index in [1.165, 1.54) is 0 Å². The Morgan fingerprint density at radius 2 is 1.95 bits per heavy atom. The van der Waals surface area contributed by atoms with Crippen LogP contribution in [0.25, 0.3) is 0 Å². The van der Waals surface area contributed by atoms with Gasteiger partial charge in [-0.15, -0.1) is 0 Å². The van der Waals surface area contributed by atoms with Crippen LogP contribution in [0, 0.1) is 5.41 Å². The topological polar surface area (TPSA) is 56.3 Å². The summed E-state index contributed by atoms with van der Waals surface area (Å²) in [5.74, 6) is 1.53. The van der Waals surface area contributed by atoms with Crippen molar-refractivity contribution in [2.75, 3.05) is 25.6 Å². The lowest BCUT2D eigenvalue weighted by Crippen LogP contribution is -2.24. The fourth-order valence-electron chi connectivity index (χ4n) is 2.01. The Morgan fingerprint density at radius 1 is 1.25 bits per heavy atom. The zero-order chi connectivity index (χ0) is 15.2. The SMILES string of the molecule is CCNc1cc(COC)nc(C(OCC)C(C)(C)C)n1. The first-order valence-corrected chi connectivity index (χ1v) is 7.14. The van der Waals surface area contributed by atoms with Crippen LogP contribution in [0.15, 0.2) is 6.07 Å². The van der Waals surface area contributed by atoms with Crippen molar-refractivity contribution in [3.63, 3.8) is 0 Å². The van der Waals surface area contributed by atoms with Gasteiger partial charge in [-0.05, 0) is 19.3 Å². The van der Waals surface area contributed by atoms with Gasteiger partial charge in [0, 0.05) is 26.3 Å². The Kier molecular flexibility index (Phi) is 6.36. The first-order chi connectivity index (χ1) is 9.42. The molecule has 5 nitrogen and oxygen atoms in total. The highest BCUT2D eigenvalue weighted by molar-refractivity contribution is 5.36. The molecule has 0 bridgehead atoms. The molecule has 0 saturated heterocycles. The van der Waals surface area contributed by atoms with E-state index in [0.717, 1.165) is 18.1 Å². The summed E-state index contributed by atoms with van der Waals surface area (Å²) in [5, 5.41) is 3.23. The zero-order valence-corrected chi connectivity index (χ0v) is 13.5. The summed E-state index contributed by atoms with van der Waals surface area (Å²) in [6.45, 7) is 12.3. The lowest BCUT2D eigenvalue weighted by molar-refractivity contribution is -0.0193. The third-order valence-corrected chi connectivity index (χ3v) is 2.80. The van der Waals surface area contributed by atoms with Crippen LogP contribution in [0.5, 0.6) is 0 Å². The van der Waals surface area contributed by atoms with E-state index >= 15 is 0 Å². The Hall–Kier alpha value is -1.20. The minimum Gasteiger partial charge on any atom is -0.378 e. The molecule has 0 radical (unpaired) electrons. The molecule has 5 heteroatoms. The van der Waals surface area contributed by atoms with E-state index in [1.54, 1.807) is 7.11 Å². The Balaban J connectivity index is 3.17. The van der Waals surface area contributed by atoms with Crippen LogP contribution in [0.1, 0.15) is 52.2 Å². The molecular formula is C15H27N3O2. The normalized spacial score (nSPS) is 13.3. The molecule has 0 amide bonds.